The van der Waals surface area contributed by atoms with Crippen molar-refractivity contribution in [3.63, 3.8) is 0 Å². The minimum Gasteiger partial charge on any atom is -0.383 e. The van der Waals surface area contributed by atoms with E-state index in [0.29, 0.717) is 28.8 Å². The quantitative estimate of drug-likeness (QED) is 0.680. The number of hydrogen-bond acceptors (Lipinski definition) is 6. The molecule has 0 unspecified atom stereocenters. The van der Waals surface area contributed by atoms with Gasteiger partial charge in [0.05, 0.1) is 6.61 Å². The standard InChI is InChI=1S/C13H15BrN4O2S/c1-20-7-6-16-13-18-11(15)10(21-13)12(19)17-9-4-2-8(14)3-5-9/h2-5H,6-7,15H2,1H3,(H,16,18)(H,17,19). The maximum atomic E-state index is 12.2. The number of carbonyl (C=O) groups excluding carboxylic acids is 1. The zero-order valence-corrected chi connectivity index (χ0v) is 13.8. The van der Waals surface area contributed by atoms with E-state index in [9.17, 15) is 4.79 Å². The summed E-state index contributed by atoms with van der Waals surface area (Å²) >= 11 is 4.56. The summed E-state index contributed by atoms with van der Waals surface area (Å²) in [4.78, 5) is 16.7. The van der Waals surface area contributed by atoms with E-state index in [2.05, 4.69) is 31.5 Å². The van der Waals surface area contributed by atoms with Gasteiger partial charge in [0.1, 0.15) is 10.7 Å². The molecule has 0 saturated carbocycles. The molecule has 0 radical (unpaired) electrons. The molecular formula is C13H15BrN4O2S. The molecule has 8 heteroatoms. The highest BCUT2D eigenvalue weighted by Crippen LogP contribution is 2.26. The number of rotatable bonds is 6. The SMILES string of the molecule is COCCNc1nc(N)c(C(=O)Nc2ccc(Br)cc2)s1. The number of anilines is 3. The Hall–Kier alpha value is -1.64. The minimum absolute atomic E-state index is 0.217. The van der Waals surface area contributed by atoms with Gasteiger partial charge in [-0.1, -0.05) is 27.3 Å². The Morgan fingerprint density at radius 1 is 1.43 bits per heavy atom. The summed E-state index contributed by atoms with van der Waals surface area (Å²) in [5.41, 5.74) is 6.48. The number of hydrogen-bond donors (Lipinski definition) is 3. The van der Waals surface area contributed by atoms with Crippen LogP contribution in [0.4, 0.5) is 16.6 Å². The lowest BCUT2D eigenvalue weighted by Crippen LogP contribution is -2.12. The highest BCUT2D eigenvalue weighted by molar-refractivity contribution is 9.10. The summed E-state index contributed by atoms with van der Waals surface area (Å²) in [5, 5.41) is 6.44. The molecule has 6 nitrogen and oxygen atoms in total. The van der Waals surface area contributed by atoms with Gasteiger partial charge in [-0.25, -0.2) is 4.98 Å². The highest BCUT2D eigenvalue weighted by Gasteiger charge is 2.16. The number of benzene rings is 1. The van der Waals surface area contributed by atoms with Gasteiger partial charge in [-0.05, 0) is 24.3 Å². The molecule has 0 bridgehead atoms. The fourth-order valence-electron chi connectivity index (χ4n) is 1.55. The maximum absolute atomic E-state index is 12.2. The van der Waals surface area contributed by atoms with E-state index < -0.39 is 0 Å². The number of nitrogens with two attached hydrogens (primary N) is 1. The van der Waals surface area contributed by atoms with Crippen LogP contribution in [0.25, 0.3) is 0 Å². The molecule has 2 rings (SSSR count). The van der Waals surface area contributed by atoms with Crippen LogP contribution in [-0.4, -0.2) is 31.2 Å². The van der Waals surface area contributed by atoms with Crippen molar-refractivity contribution in [2.24, 2.45) is 0 Å². The number of nitrogen functional groups attached to an aromatic ring is 1. The molecule has 4 N–H and O–H groups in total. The molecule has 0 aliphatic rings. The lowest BCUT2D eigenvalue weighted by Gasteiger charge is -2.03. The van der Waals surface area contributed by atoms with E-state index in [1.165, 1.54) is 11.3 Å². The molecule has 21 heavy (non-hydrogen) atoms. The molecule has 0 aliphatic carbocycles. The number of aromatic nitrogens is 1. The van der Waals surface area contributed by atoms with E-state index >= 15 is 0 Å². The van der Waals surface area contributed by atoms with E-state index in [-0.39, 0.29) is 11.7 Å². The predicted octanol–water partition coefficient (Wildman–Crippen LogP) is 2.80. The summed E-state index contributed by atoms with van der Waals surface area (Å²) in [6.45, 7) is 1.16. The molecule has 0 fully saturated rings. The van der Waals surface area contributed by atoms with Gasteiger partial charge in [0, 0.05) is 23.8 Å². The summed E-state index contributed by atoms with van der Waals surface area (Å²) in [6.07, 6.45) is 0. The smallest absolute Gasteiger partial charge is 0.269 e. The average molecular weight is 371 g/mol. The van der Waals surface area contributed by atoms with Gasteiger partial charge in [0.2, 0.25) is 0 Å². The second-order valence-electron chi connectivity index (χ2n) is 4.11. The molecule has 1 heterocycles. The third kappa shape index (κ3) is 4.42. The number of thiazole rings is 1. The van der Waals surface area contributed by atoms with Crippen LogP contribution >= 0.6 is 27.3 Å². The first-order valence-electron chi connectivity index (χ1n) is 6.16. The summed E-state index contributed by atoms with van der Waals surface area (Å²) in [5.74, 6) is -0.0540. The second-order valence-corrected chi connectivity index (χ2v) is 6.03. The van der Waals surface area contributed by atoms with Gasteiger partial charge in [-0.15, -0.1) is 0 Å². The van der Waals surface area contributed by atoms with Crippen molar-refractivity contribution >= 4 is 49.8 Å². The Morgan fingerprint density at radius 2 is 2.14 bits per heavy atom. The minimum atomic E-state index is -0.271. The molecule has 1 aromatic carbocycles. The van der Waals surface area contributed by atoms with Crippen LogP contribution in [0, 0.1) is 0 Å². The number of nitrogens with zero attached hydrogens (tertiary/aromatic N) is 1. The highest BCUT2D eigenvalue weighted by atomic mass is 79.9. The fraction of sp³-hybridized carbons (Fsp3) is 0.231. The van der Waals surface area contributed by atoms with E-state index in [4.69, 9.17) is 10.5 Å². The van der Waals surface area contributed by atoms with Crippen molar-refractivity contribution in [2.75, 3.05) is 36.6 Å². The summed E-state index contributed by atoms with van der Waals surface area (Å²) < 4.78 is 5.88. The third-order valence-electron chi connectivity index (χ3n) is 2.54. The van der Waals surface area contributed by atoms with Gasteiger partial charge in [0.25, 0.3) is 5.91 Å². The van der Waals surface area contributed by atoms with Crippen molar-refractivity contribution in [3.8, 4) is 0 Å². The van der Waals surface area contributed by atoms with Crippen molar-refractivity contribution in [1.82, 2.24) is 4.98 Å². The lowest BCUT2D eigenvalue weighted by atomic mass is 10.3. The van der Waals surface area contributed by atoms with Crippen LogP contribution in [0.2, 0.25) is 0 Å². The van der Waals surface area contributed by atoms with Crippen LogP contribution < -0.4 is 16.4 Å². The van der Waals surface area contributed by atoms with Gasteiger partial charge in [-0.3, -0.25) is 4.79 Å². The Bertz CT molecular complexity index is 615. The first-order valence-corrected chi connectivity index (χ1v) is 7.77. The van der Waals surface area contributed by atoms with Crippen LogP contribution in [0.5, 0.6) is 0 Å². The first-order chi connectivity index (χ1) is 10.1. The summed E-state index contributed by atoms with van der Waals surface area (Å²) in [6, 6.07) is 7.31. The number of methoxy groups -OCH3 is 1. The van der Waals surface area contributed by atoms with Crippen molar-refractivity contribution < 1.29 is 9.53 Å². The third-order valence-corrected chi connectivity index (χ3v) is 4.10. The molecule has 1 aromatic heterocycles. The lowest BCUT2D eigenvalue weighted by molar-refractivity contribution is 0.103. The van der Waals surface area contributed by atoms with Gasteiger partial charge in [0.15, 0.2) is 5.13 Å². The Labute approximate surface area is 134 Å². The van der Waals surface area contributed by atoms with E-state index in [1.54, 1.807) is 19.2 Å². The zero-order valence-electron chi connectivity index (χ0n) is 11.4. The van der Waals surface area contributed by atoms with Crippen LogP contribution in [0.1, 0.15) is 9.67 Å². The normalized spacial score (nSPS) is 10.4. The Morgan fingerprint density at radius 3 is 2.81 bits per heavy atom. The average Bonchev–Trinajstić information content (AvgIpc) is 2.83. The molecule has 0 saturated heterocycles. The molecule has 0 spiro atoms. The van der Waals surface area contributed by atoms with Crippen molar-refractivity contribution in [1.29, 1.82) is 0 Å². The number of carbonyl (C=O) groups is 1. The molecule has 1 amide bonds. The van der Waals surface area contributed by atoms with Crippen molar-refractivity contribution in [3.05, 3.63) is 33.6 Å². The Kier molecular flexibility index (Phi) is 5.54. The van der Waals surface area contributed by atoms with Crippen LogP contribution in [0.3, 0.4) is 0 Å². The summed E-state index contributed by atoms with van der Waals surface area (Å²) in [7, 11) is 1.62. The first kappa shape index (κ1) is 15.7. The fourth-order valence-corrected chi connectivity index (χ4v) is 2.62. The zero-order chi connectivity index (χ0) is 15.2. The molecule has 112 valence electrons. The molecule has 0 atom stereocenters. The van der Waals surface area contributed by atoms with E-state index in [1.807, 2.05) is 12.1 Å². The van der Waals surface area contributed by atoms with Gasteiger partial charge in [-0.2, -0.15) is 0 Å². The topological polar surface area (TPSA) is 89.3 Å². The van der Waals surface area contributed by atoms with E-state index in [0.717, 1.165) is 4.47 Å². The van der Waals surface area contributed by atoms with Crippen LogP contribution in [-0.2, 0) is 4.74 Å². The number of nitrogens with one attached hydrogen (secondary N) is 2. The second kappa shape index (κ2) is 7.39. The Balaban J connectivity index is 2.03. The van der Waals surface area contributed by atoms with Gasteiger partial charge >= 0.3 is 0 Å². The predicted molar refractivity (Wildman–Crippen MR) is 89.0 cm³/mol. The molecular weight excluding hydrogens is 356 g/mol. The van der Waals surface area contributed by atoms with Gasteiger partial charge < -0.3 is 21.1 Å². The number of halogens is 1. The monoisotopic (exact) mass is 370 g/mol. The maximum Gasteiger partial charge on any atom is 0.269 e. The largest absolute Gasteiger partial charge is 0.383 e. The molecule has 0 aliphatic heterocycles. The molecule has 2 aromatic rings. The number of ether oxygens (including phenoxy) is 1. The van der Waals surface area contributed by atoms with Crippen LogP contribution in [0.15, 0.2) is 28.7 Å². The number of amides is 1. The van der Waals surface area contributed by atoms with Crippen molar-refractivity contribution in [2.45, 2.75) is 0 Å².